The molecule has 0 saturated carbocycles. The second-order valence-electron chi connectivity index (χ2n) is 5.92. The van der Waals surface area contributed by atoms with Crippen molar-refractivity contribution in [1.29, 1.82) is 0 Å². The van der Waals surface area contributed by atoms with E-state index in [0.717, 1.165) is 36.2 Å². The van der Waals surface area contributed by atoms with Crippen LogP contribution < -0.4 is 0 Å². The molecule has 0 saturated heterocycles. The van der Waals surface area contributed by atoms with E-state index < -0.39 is 0 Å². The van der Waals surface area contributed by atoms with E-state index in [1.165, 1.54) is 0 Å². The van der Waals surface area contributed by atoms with Gasteiger partial charge in [-0.1, -0.05) is 41.9 Å². The van der Waals surface area contributed by atoms with Gasteiger partial charge in [0.05, 0.1) is 18.5 Å². The number of unbranched alkanes of at least 4 members (excludes halogenated alkanes) is 1. The molecule has 25 heavy (non-hydrogen) atoms. The van der Waals surface area contributed by atoms with Crippen molar-refractivity contribution in [1.82, 2.24) is 14.6 Å². The lowest BCUT2D eigenvalue weighted by Crippen LogP contribution is -2.08. The zero-order valence-electron chi connectivity index (χ0n) is 13.9. The fraction of sp³-hybridized carbons (Fsp3) is 0.316. The van der Waals surface area contributed by atoms with Gasteiger partial charge in [0, 0.05) is 6.42 Å². The normalized spacial score (nSPS) is 11.1. The zero-order chi connectivity index (χ0) is 17.5. The minimum Gasteiger partial charge on any atom is -0.369 e. The molecule has 1 aromatic carbocycles. The van der Waals surface area contributed by atoms with Crippen molar-refractivity contribution >= 4 is 23.0 Å². The molecule has 3 aromatic rings. The van der Waals surface area contributed by atoms with Gasteiger partial charge >= 0.3 is 0 Å². The van der Waals surface area contributed by atoms with Crippen molar-refractivity contribution in [3.8, 4) is 0 Å². The summed E-state index contributed by atoms with van der Waals surface area (Å²) in [5.74, 6) is 0.138. The number of rotatable bonds is 9. The second kappa shape index (κ2) is 8.74. The van der Waals surface area contributed by atoms with Gasteiger partial charge in [-0.3, -0.25) is 4.79 Å². The molecule has 0 N–H and O–H groups in total. The third kappa shape index (κ3) is 5.37. The number of carbonyl (C=O) groups is 1. The van der Waals surface area contributed by atoms with Crippen LogP contribution in [0.15, 0.2) is 48.7 Å². The second-order valence-corrected chi connectivity index (χ2v) is 6.30. The number of Topliss-reactive ketones (excluding diaryl/α,β-unsaturated/α-hetero) is 1. The summed E-state index contributed by atoms with van der Waals surface area (Å²) in [5.41, 5.74) is 2.82. The topological polar surface area (TPSA) is 56.5 Å². The molecule has 3 rings (SSSR count). The number of ketones is 1. The van der Waals surface area contributed by atoms with E-state index in [9.17, 15) is 4.79 Å². The molecule has 5 nitrogen and oxygen atoms in total. The Morgan fingerprint density at radius 2 is 1.96 bits per heavy atom. The molecule has 0 radical (unpaired) electrons. The van der Waals surface area contributed by atoms with Crippen LogP contribution in [0.1, 0.15) is 30.5 Å². The first-order valence-corrected chi connectivity index (χ1v) is 8.73. The molecule has 0 aliphatic rings. The molecule has 0 atom stereocenters. The molecule has 0 amide bonds. The van der Waals surface area contributed by atoms with Gasteiger partial charge in [-0.2, -0.15) is 5.10 Å². The Labute approximate surface area is 151 Å². The highest BCUT2D eigenvalue weighted by molar-refractivity contribution is 6.29. The van der Waals surface area contributed by atoms with Crippen molar-refractivity contribution in [2.75, 3.05) is 6.61 Å². The average Bonchev–Trinajstić information content (AvgIpc) is 3.01. The lowest BCUT2D eigenvalue weighted by molar-refractivity contribution is -0.124. The quantitative estimate of drug-likeness (QED) is 0.545. The van der Waals surface area contributed by atoms with Crippen LogP contribution in [0.25, 0.3) is 5.65 Å². The number of carbonyl (C=O) groups excluding carboxylic acids is 1. The zero-order valence-corrected chi connectivity index (χ0v) is 14.7. The van der Waals surface area contributed by atoms with Crippen LogP contribution in [0.4, 0.5) is 0 Å². The number of aromatic nitrogens is 3. The van der Waals surface area contributed by atoms with Crippen LogP contribution in [-0.4, -0.2) is 27.0 Å². The highest BCUT2D eigenvalue weighted by atomic mass is 35.5. The molecule has 2 heterocycles. The SMILES string of the molecule is O=C(CCCCc1cn2nc(Cl)ccc2n1)COCc1ccccc1. The van der Waals surface area contributed by atoms with Crippen molar-refractivity contribution in [2.24, 2.45) is 0 Å². The van der Waals surface area contributed by atoms with Crippen molar-refractivity contribution in [3.05, 3.63) is 65.1 Å². The highest BCUT2D eigenvalue weighted by Gasteiger charge is 2.05. The minimum absolute atomic E-state index is 0.138. The number of hydrogen-bond donors (Lipinski definition) is 0. The van der Waals surface area contributed by atoms with E-state index >= 15 is 0 Å². The molecule has 2 aromatic heterocycles. The largest absolute Gasteiger partial charge is 0.369 e. The fourth-order valence-electron chi connectivity index (χ4n) is 2.59. The summed E-state index contributed by atoms with van der Waals surface area (Å²) in [6.07, 6.45) is 4.97. The van der Waals surface area contributed by atoms with E-state index in [2.05, 4.69) is 10.1 Å². The predicted molar refractivity (Wildman–Crippen MR) is 96.7 cm³/mol. The van der Waals surface area contributed by atoms with Crippen LogP contribution in [0.3, 0.4) is 0 Å². The Hall–Kier alpha value is -2.24. The minimum atomic E-state index is 0.138. The van der Waals surface area contributed by atoms with Gasteiger partial charge in [0.2, 0.25) is 0 Å². The van der Waals surface area contributed by atoms with Crippen LogP contribution in [0.5, 0.6) is 0 Å². The van der Waals surface area contributed by atoms with Gasteiger partial charge in [-0.15, -0.1) is 0 Å². The number of imidazole rings is 1. The number of ether oxygens (including phenoxy) is 1. The Balaban J connectivity index is 1.34. The molecule has 0 bridgehead atoms. The van der Waals surface area contributed by atoms with Gasteiger partial charge in [0.1, 0.15) is 11.8 Å². The van der Waals surface area contributed by atoms with Gasteiger partial charge < -0.3 is 4.74 Å². The highest BCUT2D eigenvalue weighted by Crippen LogP contribution is 2.11. The maximum Gasteiger partial charge on any atom is 0.158 e. The third-order valence-corrected chi connectivity index (χ3v) is 4.05. The van der Waals surface area contributed by atoms with Crippen LogP contribution in [0.2, 0.25) is 5.15 Å². The van der Waals surface area contributed by atoms with Crippen LogP contribution >= 0.6 is 11.6 Å². The molecule has 130 valence electrons. The third-order valence-electron chi connectivity index (χ3n) is 3.85. The summed E-state index contributed by atoms with van der Waals surface area (Å²) in [5, 5.41) is 4.60. The van der Waals surface area contributed by atoms with Crippen molar-refractivity contribution in [2.45, 2.75) is 32.3 Å². The number of benzene rings is 1. The molecule has 0 aliphatic carbocycles. The summed E-state index contributed by atoms with van der Waals surface area (Å²) < 4.78 is 7.14. The van der Waals surface area contributed by atoms with E-state index in [4.69, 9.17) is 16.3 Å². The number of hydrogen-bond acceptors (Lipinski definition) is 4. The lowest BCUT2D eigenvalue weighted by atomic mass is 10.1. The monoisotopic (exact) mass is 357 g/mol. The Morgan fingerprint density at radius 3 is 2.80 bits per heavy atom. The Kier molecular flexibility index (Phi) is 6.14. The summed E-state index contributed by atoms with van der Waals surface area (Å²) in [7, 11) is 0. The molecular weight excluding hydrogens is 338 g/mol. The lowest BCUT2D eigenvalue weighted by Gasteiger charge is -2.04. The maximum atomic E-state index is 11.9. The van der Waals surface area contributed by atoms with Gasteiger partial charge in [0.15, 0.2) is 11.4 Å². The molecule has 0 unspecified atom stereocenters. The average molecular weight is 358 g/mol. The summed E-state index contributed by atoms with van der Waals surface area (Å²) in [6, 6.07) is 13.4. The summed E-state index contributed by atoms with van der Waals surface area (Å²) >= 11 is 5.86. The van der Waals surface area contributed by atoms with Crippen LogP contribution in [-0.2, 0) is 22.6 Å². The first-order chi connectivity index (χ1) is 12.2. The summed E-state index contributed by atoms with van der Waals surface area (Å²) in [4.78, 5) is 16.3. The number of halogens is 1. The first-order valence-electron chi connectivity index (χ1n) is 8.35. The molecule has 0 aliphatic heterocycles. The standard InChI is InChI=1S/C19H20ClN3O2/c20-18-10-11-19-21-16(12-23(19)22-18)8-4-5-9-17(24)14-25-13-15-6-2-1-3-7-15/h1-3,6-7,10-12H,4-5,8-9,13-14H2. The molecule has 6 heteroatoms. The van der Waals surface area contributed by atoms with E-state index in [0.29, 0.717) is 18.2 Å². The van der Waals surface area contributed by atoms with Gasteiger partial charge in [0.25, 0.3) is 0 Å². The number of aryl methyl sites for hydroxylation is 1. The van der Waals surface area contributed by atoms with Crippen LogP contribution in [0, 0.1) is 0 Å². The number of fused-ring (bicyclic) bond motifs is 1. The van der Waals surface area contributed by atoms with E-state index in [1.807, 2.05) is 42.6 Å². The Morgan fingerprint density at radius 1 is 1.12 bits per heavy atom. The summed E-state index contributed by atoms with van der Waals surface area (Å²) in [6.45, 7) is 0.648. The molecular formula is C19H20ClN3O2. The smallest absolute Gasteiger partial charge is 0.158 e. The fourth-order valence-corrected chi connectivity index (χ4v) is 2.73. The van der Waals surface area contributed by atoms with Gasteiger partial charge in [-0.05, 0) is 37.0 Å². The molecule has 0 spiro atoms. The maximum absolute atomic E-state index is 11.9. The Bertz CT molecular complexity index is 833. The van der Waals surface area contributed by atoms with Crippen molar-refractivity contribution < 1.29 is 9.53 Å². The molecule has 0 fully saturated rings. The van der Waals surface area contributed by atoms with Crippen molar-refractivity contribution in [3.63, 3.8) is 0 Å². The van der Waals surface area contributed by atoms with Gasteiger partial charge in [-0.25, -0.2) is 9.50 Å². The van der Waals surface area contributed by atoms with E-state index in [-0.39, 0.29) is 12.4 Å². The number of nitrogens with zero attached hydrogens (tertiary/aromatic N) is 3. The van der Waals surface area contributed by atoms with E-state index in [1.54, 1.807) is 10.6 Å². The predicted octanol–water partition coefficient (Wildman–Crippen LogP) is 3.88. The first kappa shape index (κ1) is 17.6.